The van der Waals surface area contributed by atoms with Gasteiger partial charge < -0.3 is 11.0 Å². The van der Waals surface area contributed by atoms with Crippen LogP contribution in [0.15, 0.2) is 49.3 Å². The van der Waals surface area contributed by atoms with Crippen LogP contribution in [0.5, 0.6) is 0 Å². The second-order valence-corrected chi connectivity index (χ2v) is 12.0. The van der Waals surface area contributed by atoms with Gasteiger partial charge >= 0.3 is 138 Å². The maximum absolute atomic E-state index is 4.54. The Morgan fingerprint density at radius 3 is 1.62 bits per heavy atom. The molecule has 4 aromatic rings. The molecule has 0 aliphatic heterocycles. The van der Waals surface area contributed by atoms with Crippen LogP contribution in [0.4, 0.5) is 0 Å². The Morgan fingerprint density at radius 1 is 0.750 bits per heavy atom. The molecular weight excluding hydrogens is 442 g/mol. The molecule has 0 aromatic carbocycles. The van der Waals surface area contributed by atoms with Gasteiger partial charge in [0.2, 0.25) is 0 Å². The Labute approximate surface area is 148 Å². The van der Waals surface area contributed by atoms with Crippen molar-refractivity contribution < 1.29 is 11.0 Å². The summed E-state index contributed by atoms with van der Waals surface area (Å²) < 4.78 is 3.96. The van der Waals surface area contributed by atoms with E-state index in [1.165, 1.54) is 0 Å². The van der Waals surface area contributed by atoms with Crippen LogP contribution in [-0.2, 0) is 10.6 Å². The van der Waals surface area contributed by atoms with Gasteiger partial charge in [-0.2, -0.15) is 0 Å². The fourth-order valence-electron chi connectivity index (χ4n) is 2.10. The summed E-state index contributed by atoms with van der Waals surface area (Å²) in [5, 5.41) is 2.12. The van der Waals surface area contributed by atoms with E-state index >= 15 is 0 Å². The number of fused-ring (bicyclic) bond motifs is 2. The van der Waals surface area contributed by atoms with E-state index in [2.05, 4.69) is 32.3 Å². The van der Waals surface area contributed by atoms with Gasteiger partial charge in [-0.05, 0) is 0 Å². The number of nitrogens with zero attached hydrogens (tertiary/aromatic N) is 6. The van der Waals surface area contributed by atoms with E-state index in [0.29, 0.717) is 26.3 Å². The monoisotopic (exact) mass is 460 g/mol. The zero-order chi connectivity index (χ0) is 14.8. The predicted octanol–water partition coefficient (Wildman–Crippen LogP) is -0.854. The fraction of sp³-hybridized carbons (Fsp3) is 0.143. The molecule has 0 radical (unpaired) electrons. The van der Waals surface area contributed by atoms with Gasteiger partial charge in [0.05, 0.1) is 0 Å². The molecule has 4 aromatic heterocycles. The minimum atomic E-state index is 0. The average molecular weight is 458 g/mol. The summed E-state index contributed by atoms with van der Waals surface area (Å²) in [5.74, 6) is 1.57. The first-order valence-electron chi connectivity index (χ1n) is 6.70. The number of hydrogen-bond donors (Lipinski definition) is 0. The molecule has 0 saturated carbocycles. The molecule has 0 atom stereocenters. The van der Waals surface area contributed by atoms with Crippen LogP contribution < -0.4 is 0 Å². The third kappa shape index (κ3) is 3.99. The number of rotatable bonds is 5. The summed E-state index contributed by atoms with van der Waals surface area (Å²) in [6.45, 7) is 0. The zero-order valence-electron chi connectivity index (χ0n) is 12.5. The summed E-state index contributed by atoms with van der Waals surface area (Å²) in [7, 11) is 0. The molecule has 0 unspecified atom stereocenters. The second-order valence-electron chi connectivity index (χ2n) is 4.64. The summed E-state index contributed by atoms with van der Waals surface area (Å²) in [6.07, 6.45) is 11.7. The fourth-order valence-corrected chi connectivity index (χ4v) is 7.99. The quantitative estimate of drug-likeness (QED) is 0.285. The van der Waals surface area contributed by atoms with Crippen LogP contribution >= 0.6 is 0 Å². The minimum absolute atomic E-state index is 0. The third-order valence-electron chi connectivity index (χ3n) is 3.07. The van der Waals surface area contributed by atoms with Crippen molar-refractivity contribution in [3.8, 4) is 0 Å². The van der Waals surface area contributed by atoms with E-state index in [1.54, 1.807) is 12.4 Å². The molecule has 4 heterocycles. The Kier molecular flexibility index (Phi) is 6.44. The van der Waals surface area contributed by atoms with Gasteiger partial charge in [-0.15, -0.1) is 0 Å². The molecule has 0 amide bonds. The molecule has 0 spiro atoms. The molecule has 4 N–H and O–H groups in total. The van der Waals surface area contributed by atoms with Crippen molar-refractivity contribution in [3.05, 3.63) is 60.7 Å². The van der Waals surface area contributed by atoms with Gasteiger partial charge in [0, 0.05) is 0 Å². The van der Waals surface area contributed by atoms with Gasteiger partial charge in [0.1, 0.15) is 0 Å². The molecule has 126 valence electrons. The standard InChI is InChI=1S/C14H12N6Se2.2H2O/c1-3-15-13-17-11(7-19(13)5-1)9-21-22-10-12-8-20-6-2-4-16-14(20)18-12;;/h1-8H,9-10H2;2*1H2. The molecule has 0 fully saturated rings. The van der Waals surface area contributed by atoms with E-state index in [0.717, 1.165) is 33.6 Å². The summed E-state index contributed by atoms with van der Waals surface area (Å²) >= 11 is 1.16. The van der Waals surface area contributed by atoms with Crippen molar-refractivity contribution >= 4 is 37.8 Å². The van der Waals surface area contributed by atoms with E-state index in [-0.39, 0.29) is 11.0 Å². The van der Waals surface area contributed by atoms with E-state index in [4.69, 9.17) is 0 Å². The van der Waals surface area contributed by atoms with E-state index < -0.39 is 0 Å². The zero-order valence-corrected chi connectivity index (χ0v) is 16.0. The van der Waals surface area contributed by atoms with Crippen molar-refractivity contribution in [1.29, 1.82) is 0 Å². The molecule has 4 rings (SSSR count). The molecule has 10 heteroatoms. The number of imidazole rings is 2. The van der Waals surface area contributed by atoms with Gasteiger partial charge in [-0.25, -0.2) is 0 Å². The molecular formula is C14H16N6O2Se2. The summed E-state index contributed by atoms with van der Waals surface area (Å²) in [5.41, 5.74) is 2.27. The van der Waals surface area contributed by atoms with Gasteiger partial charge in [-0.1, -0.05) is 0 Å². The topological polar surface area (TPSA) is 123 Å². The van der Waals surface area contributed by atoms with Crippen LogP contribution in [0.1, 0.15) is 11.4 Å². The van der Waals surface area contributed by atoms with Gasteiger partial charge in [0.15, 0.2) is 0 Å². The second kappa shape index (κ2) is 8.34. The molecule has 0 aliphatic rings. The molecule has 8 nitrogen and oxygen atoms in total. The van der Waals surface area contributed by atoms with Crippen molar-refractivity contribution in [2.24, 2.45) is 0 Å². The van der Waals surface area contributed by atoms with Crippen LogP contribution in [0.2, 0.25) is 0 Å². The Balaban J connectivity index is 0.00000104. The van der Waals surface area contributed by atoms with Crippen molar-refractivity contribution in [1.82, 2.24) is 28.7 Å². The maximum atomic E-state index is 4.54. The third-order valence-corrected chi connectivity index (χ3v) is 9.54. The SMILES string of the molecule is O.O.c1cnc2nc(C[Se][Se]Cc3cn4cccnc4n3)cn2c1. The summed E-state index contributed by atoms with van der Waals surface area (Å²) in [6, 6.07) is 3.84. The van der Waals surface area contributed by atoms with Crippen LogP contribution in [0.3, 0.4) is 0 Å². The first kappa shape index (κ1) is 18.5. The molecule has 0 bridgehead atoms. The number of hydrogen-bond acceptors (Lipinski definition) is 4. The van der Waals surface area contributed by atoms with Crippen LogP contribution in [-0.4, -0.2) is 66.0 Å². The molecule has 0 aliphatic carbocycles. The van der Waals surface area contributed by atoms with Crippen LogP contribution in [0.25, 0.3) is 11.6 Å². The summed E-state index contributed by atoms with van der Waals surface area (Å²) in [4.78, 5) is 17.6. The predicted molar refractivity (Wildman–Crippen MR) is 92.1 cm³/mol. The normalized spacial score (nSPS) is 10.5. The van der Waals surface area contributed by atoms with Crippen molar-refractivity contribution in [3.63, 3.8) is 0 Å². The van der Waals surface area contributed by atoms with Crippen molar-refractivity contribution in [2.45, 2.75) is 10.6 Å². The Morgan fingerprint density at radius 2 is 1.21 bits per heavy atom. The molecule has 0 saturated heterocycles. The van der Waals surface area contributed by atoms with Gasteiger partial charge in [0.25, 0.3) is 0 Å². The molecule has 24 heavy (non-hydrogen) atoms. The van der Waals surface area contributed by atoms with E-state index in [1.807, 2.05) is 33.3 Å². The average Bonchev–Trinajstić information content (AvgIpc) is 3.14. The first-order valence-corrected chi connectivity index (χ1v) is 13.5. The number of aromatic nitrogens is 6. The Bertz CT molecular complexity index is 784. The van der Waals surface area contributed by atoms with Gasteiger partial charge in [-0.3, -0.25) is 0 Å². The van der Waals surface area contributed by atoms with E-state index in [9.17, 15) is 0 Å². The van der Waals surface area contributed by atoms with Crippen LogP contribution in [0, 0.1) is 0 Å². The van der Waals surface area contributed by atoms with Crippen molar-refractivity contribution in [2.75, 3.05) is 0 Å². The Hall–Kier alpha value is -1.80. The first-order chi connectivity index (χ1) is 10.9.